The molecule has 1 aromatic carbocycles. The molecule has 6 nitrogen and oxygen atoms in total. The predicted octanol–water partition coefficient (Wildman–Crippen LogP) is 3.68. The van der Waals surface area contributed by atoms with Crippen LogP contribution in [-0.2, 0) is 16.8 Å². The number of carbonyl (C=O) groups excluding carboxylic acids is 1. The second kappa shape index (κ2) is 7.35. The summed E-state index contributed by atoms with van der Waals surface area (Å²) in [7, 11) is 0. The molecule has 0 unspecified atom stereocenters. The van der Waals surface area contributed by atoms with E-state index in [1.807, 2.05) is 5.38 Å². The number of thiazole rings is 1. The summed E-state index contributed by atoms with van der Waals surface area (Å²) in [5, 5.41) is 16.2. The summed E-state index contributed by atoms with van der Waals surface area (Å²) in [5.74, 6) is -0.235. The van der Waals surface area contributed by atoms with Crippen molar-refractivity contribution < 1.29 is 9.72 Å². The van der Waals surface area contributed by atoms with Gasteiger partial charge in [0.15, 0.2) is 0 Å². The van der Waals surface area contributed by atoms with Crippen LogP contribution in [0.1, 0.15) is 37.0 Å². The maximum Gasteiger partial charge on any atom is 0.269 e. The van der Waals surface area contributed by atoms with Crippen molar-refractivity contribution in [2.24, 2.45) is 0 Å². The van der Waals surface area contributed by atoms with Gasteiger partial charge in [-0.2, -0.15) is 0 Å². The highest BCUT2D eigenvalue weighted by Gasteiger charge is 2.17. The summed E-state index contributed by atoms with van der Waals surface area (Å²) in [4.78, 5) is 26.5. The van der Waals surface area contributed by atoms with Crippen molar-refractivity contribution >= 4 is 29.0 Å². The highest BCUT2D eigenvalue weighted by molar-refractivity contribution is 7.09. The van der Waals surface area contributed by atoms with E-state index in [-0.39, 0.29) is 17.0 Å². The number of nitrogens with one attached hydrogen (secondary N) is 1. The Kier molecular flexibility index (Phi) is 5.46. The lowest BCUT2D eigenvalue weighted by Crippen LogP contribution is -2.20. The first-order valence-corrected chi connectivity index (χ1v) is 8.29. The molecule has 0 saturated heterocycles. The molecular formula is C17H19N3O3S. The summed E-state index contributed by atoms with van der Waals surface area (Å²) in [6, 6.07) is 6.00. The van der Waals surface area contributed by atoms with Crippen LogP contribution < -0.4 is 5.32 Å². The van der Waals surface area contributed by atoms with E-state index in [1.165, 1.54) is 29.5 Å². The normalized spacial score (nSPS) is 11.6. The van der Waals surface area contributed by atoms with Gasteiger partial charge in [-0.3, -0.25) is 14.9 Å². The van der Waals surface area contributed by atoms with Crippen molar-refractivity contribution in [3.63, 3.8) is 0 Å². The highest BCUT2D eigenvalue weighted by atomic mass is 32.1. The molecule has 0 aliphatic carbocycles. The molecule has 0 aliphatic heterocycles. The minimum absolute atomic E-state index is 0.00537. The molecule has 0 aliphatic rings. The number of aromatic nitrogens is 1. The van der Waals surface area contributed by atoms with Crippen molar-refractivity contribution in [3.05, 3.63) is 62.1 Å². The Morgan fingerprint density at radius 1 is 1.33 bits per heavy atom. The van der Waals surface area contributed by atoms with Crippen LogP contribution in [0.5, 0.6) is 0 Å². The zero-order valence-electron chi connectivity index (χ0n) is 13.8. The molecule has 126 valence electrons. The Morgan fingerprint density at radius 2 is 2.00 bits per heavy atom. The quantitative estimate of drug-likeness (QED) is 0.509. The molecule has 0 atom stereocenters. The number of carbonyl (C=O) groups is 1. The third-order valence-corrected chi connectivity index (χ3v) is 4.11. The predicted molar refractivity (Wildman–Crippen MR) is 94.8 cm³/mol. The van der Waals surface area contributed by atoms with E-state index < -0.39 is 4.92 Å². The van der Waals surface area contributed by atoms with Gasteiger partial charge in [0.25, 0.3) is 5.69 Å². The summed E-state index contributed by atoms with van der Waals surface area (Å²) >= 11 is 1.52. The third-order valence-electron chi connectivity index (χ3n) is 3.27. The van der Waals surface area contributed by atoms with Gasteiger partial charge < -0.3 is 5.32 Å². The van der Waals surface area contributed by atoms with E-state index in [0.29, 0.717) is 6.54 Å². The molecule has 0 bridgehead atoms. The van der Waals surface area contributed by atoms with Crippen LogP contribution in [0.25, 0.3) is 6.08 Å². The van der Waals surface area contributed by atoms with Gasteiger partial charge in [-0.25, -0.2) is 4.98 Å². The average molecular weight is 345 g/mol. The Morgan fingerprint density at radius 3 is 2.54 bits per heavy atom. The van der Waals surface area contributed by atoms with Crippen LogP contribution in [0.15, 0.2) is 35.7 Å². The number of benzene rings is 1. The van der Waals surface area contributed by atoms with Gasteiger partial charge in [0.05, 0.1) is 17.2 Å². The molecule has 0 spiro atoms. The molecule has 0 saturated carbocycles. The maximum atomic E-state index is 11.8. The number of hydrogen-bond donors (Lipinski definition) is 1. The maximum absolute atomic E-state index is 11.8. The summed E-state index contributed by atoms with van der Waals surface area (Å²) in [6.07, 6.45) is 3.01. The minimum Gasteiger partial charge on any atom is -0.346 e. The molecular weight excluding hydrogens is 326 g/mol. The van der Waals surface area contributed by atoms with Gasteiger partial charge in [-0.1, -0.05) is 20.8 Å². The van der Waals surface area contributed by atoms with Gasteiger partial charge in [-0.05, 0) is 23.8 Å². The number of amides is 1. The second-order valence-corrected chi connectivity index (χ2v) is 7.22. The molecule has 2 aromatic rings. The molecule has 24 heavy (non-hydrogen) atoms. The van der Waals surface area contributed by atoms with Crippen LogP contribution >= 0.6 is 11.3 Å². The van der Waals surface area contributed by atoms with Gasteiger partial charge in [0.1, 0.15) is 5.01 Å². The number of nitrogens with zero attached hydrogens (tertiary/aromatic N) is 2. The summed E-state index contributed by atoms with van der Waals surface area (Å²) in [5.41, 5.74) is 1.75. The van der Waals surface area contributed by atoms with Gasteiger partial charge in [0.2, 0.25) is 5.91 Å². The highest BCUT2D eigenvalue weighted by Crippen LogP contribution is 2.23. The van der Waals surface area contributed by atoms with E-state index >= 15 is 0 Å². The number of nitro benzene ring substituents is 1. The molecule has 1 aromatic heterocycles. The van der Waals surface area contributed by atoms with E-state index in [9.17, 15) is 14.9 Å². The van der Waals surface area contributed by atoms with Crippen molar-refractivity contribution in [1.82, 2.24) is 10.3 Å². The summed E-state index contributed by atoms with van der Waals surface area (Å²) < 4.78 is 0. The van der Waals surface area contributed by atoms with Crippen molar-refractivity contribution in [2.75, 3.05) is 0 Å². The molecule has 1 N–H and O–H groups in total. The Labute approximate surface area is 144 Å². The van der Waals surface area contributed by atoms with Crippen molar-refractivity contribution in [3.8, 4) is 0 Å². The number of rotatable bonds is 5. The molecule has 2 rings (SSSR count). The first-order valence-electron chi connectivity index (χ1n) is 7.41. The molecule has 7 heteroatoms. The first-order chi connectivity index (χ1) is 11.3. The average Bonchev–Trinajstić information content (AvgIpc) is 3.00. The van der Waals surface area contributed by atoms with Gasteiger partial charge in [-0.15, -0.1) is 11.3 Å². The van der Waals surface area contributed by atoms with Crippen LogP contribution in [0, 0.1) is 10.1 Å². The van der Waals surface area contributed by atoms with Gasteiger partial charge >= 0.3 is 0 Å². The Hall–Kier alpha value is -2.54. The van der Waals surface area contributed by atoms with E-state index in [0.717, 1.165) is 16.3 Å². The first kappa shape index (κ1) is 17.8. The lowest BCUT2D eigenvalue weighted by molar-refractivity contribution is -0.384. The topological polar surface area (TPSA) is 85.1 Å². The van der Waals surface area contributed by atoms with Crippen LogP contribution in [-0.4, -0.2) is 15.8 Å². The second-order valence-electron chi connectivity index (χ2n) is 6.28. The number of hydrogen-bond acceptors (Lipinski definition) is 5. The smallest absolute Gasteiger partial charge is 0.269 e. The third kappa shape index (κ3) is 4.99. The zero-order chi connectivity index (χ0) is 17.7. The molecule has 1 heterocycles. The minimum atomic E-state index is -0.458. The molecule has 1 amide bonds. The Balaban J connectivity index is 1.88. The summed E-state index contributed by atoms with van der Waals surface area (Å²) in [6.45, 7) is 6.66. The molecule has 0 radical (unpaired) electrons. The standard InChI is InChI=1S/C17H19N3O3S/c1-17(2,3)14-11-24-16(19-14)10-18-15(21)9-6-12-4-7-13(8-5-12)20(22)23/h4-9,11H,10H2,1-3H3,(H,18,21). The van der Waals surface area contributed by atoms with E-state index in [4.69, 9.17) is 0 Å². The Bertz CT molecular complexity index is 758. The fourth-order valence-corrected chi connectivity index (χ4v) is 2.80. The fraction of sp³-hybridized carbons (Fsp3) is 0.294. The lowest BCUT2D eigenvalue weighted by atomic mass is 9.93. The zero-order valence-corrected chi connectivity index (χ0v) is 14.6. The van der Waals surface area contributed by atoms with Crippen molar-refractivity contribution in [1.29, 1.82) is 0 Å². The van der Waals surface area contributed by atoms with Gasteiger partial charge in [0, 0.05) is 29.0 Å². The monoisotopic (exact) mass is 345 g/mol. The SMILES string of the molecule is CC(C)(C)c1csc(CNC(=O)C=Cc2ccc([N+](=O)[O-])cc2)n1. The number of nitro groups is 1. The van der Waals surface area contributed by atoms with Crippen molar-refractivity contribution in [2.45, 2.75) is 32.7 Å². The fourth-order valence-electron chi connectivity index (χ4n) is 1.84. The largest absolute Gasteiger partial charge is 0.346 e. The van der Waals surface area contributed by atoms with Crippen LogP contribution in [0.4, 0.5) is 5.69 Å². The van der Waals surface area contributed by atoms with E-state index in [2.05, 4.69) is 31.1 Å². The lowest BCUT2D eigenvalue weighted by Gasteiger charge is -2.14. The van der Waals surface area contributed by atoms with E-state index in [1.54, 1.807) is 18.2 Å². The number of non-ortho nitro benzene ring substituents is 1. The van der Waals surface area contributed by atoms with Crippen LogP contribution in [0.2, 0.25) is 0 Å². The van der Waals surface area contributed by atoms with Crippen LogP contribution in [0.3, 0.4) is 0 Å². The molecule has 0 fully saturated rings.